The van der Waals surface area contributed by atoms with Gasteiger partial charge in [0.1, 0.15) is 6.33 Å². The number of piperidine rings is 1. The van der Waals surface area contributed by atoms with E-state index >= 15 is 0 Å². The maximum absolute atomic E-state index is 12.1. The van der Waals surface area contributed by atoms with Crippen molar-refractivity contribution < 1.29 is 9.90 Å². The molecule has 1 aromatic heterocycles. The van der Waals surface area contributed by atoms with Gasteiger partial charge in [0.25, 0.3) is 0 Å². The number of hydrogen-bond donors (Lipinski definition) is 1. The van der Waals surface area contributed by atoms with Crippen molar-refractivity contribution in [1.82, 2.24) is 19.7 Å². The fourth-order valence-electron chi connectivity index (χ4n) is 2.34. The van der Waals surface area contributed by atoms with E-state index in [2.05, 4.69) is 14.8 Å². The molecule has 0 radical (unpaired) electrons. The first-order valence-electron chi connectivity index (χ1n) is 6.72. The van der Waals surface area contributed by atoms with Gasteiger partial charge in [-0.2, -0.15) is 0 Å². The number of amides is 1. The largest absolute Gasteiger partial charge is 0.391 e. The summed E-state index contributed by atoms with van der Waals surface area (Å²) in [5.41, 5.74) is 0. The SMILES string of the molecule is O=C(CSc1nncn1C1CC1)N1CCCC(O)C1. The number of carbonyl (C=O) groups excluding carboxylic acids is 1. The Morgan fingerprint density at radius 1 is 1.47 bits per heavy atom. The molecule has 1 saturated carbocycles. The topological polar surface area (TPSA) is 71.2 Å². The highest BCUT2D eigenvalue weighted by Crippen LogP contribution is 2.37. The normalized spacial score (nSPS) is 23.6. The van der Waals surface area contributed by atoms with Crippen LogP contribution in [0.5, 0.6) is 0 Å². The Labute approximate surface area is 116 Å². The molecule has 3 rings (SSSR count). The molecule has 1 N–H and O–H groups in total. The van der Waals surface area contributed by atoms with Crippen LogP contribution in [0.3, 0.4) is 0 Å². The van der Waals surface area contributed by atoms with Crippen LogP contribution in [0, 0.1) is 0 Å². The third-order valence-electron chi connectivity index (χ3n) is 3.55. The van der Waals surface area contributed by atoms with Gasteiger partial charge in [0.05, 0.1) is 11.9 Å². The van der Waals surface area contributed by atoms with Crippen LogP contribution in [0.15, 0.2) is 11.5 Å². The van der Waals surface area contributed by atoms with Gasteiger partial charge in [-0.3, -0.25) is 4.79 Å². The van der Waals surface area contributed by atoms with Gasteiger partial charge in [-0.25, -0.2) is 0 Å². The van der Waals surface area contributed by atoms with Gasteiger partial charge in [0, 0.05) is 19.1 Å². The van der Waals surface area contributed by atoms with Crippen LogP contribution in [-0.2, 0) is 4.79 Å². The van der Waals surface area contributed by atoms with Crippen molar-refractivity contribution in [1.29, 1.82) is 0 Å². The third kappa shape index (κ3) is 3.09. The van der Waals surface area contributed by atoms with E-state index in [9.17, 15) is 9.90 Å². The van der Waals surface area contributed by atoms with Crippen LogP contribution in [0.2, 0.25) is 0 Å². The first-order chi connectivity index (χ1) is 9.24. The number of hydrogen-bond acceptors (Lipinski definition) is 5. The monoisotopic (exact) mass is 282 g/mol. The van der Waals surface area contributed by atoms with E-state index in [-0.39, 0.29) is 12.0 Å². The minimum atomic E-state index is -0.363. The molecule has 0 spiro atoms. The molecule has 0 bridgehead atoms. The zero-order valence-corrected chi connectivity index (χ0v) is 11.6. The highest BCUT2D eigenvalue weighted by molar-refractivity contribution is 7.99. The quantitative estimate of drug-likeness (QED) is 0.823. The van der Waals surface area contributed by atoms with Crippen molar-refractivity contribution in [3.63, 3.8) is 0 Å². The summed E-state index contributed by atoms with van der Waals surface area (Å²) in [5, 5.41) is 18.4. The molecule has 2 aliphatic rings. The molecule has 7 heteroatoms. The predicted octanol–water partition coefficient (Wildman–Crippen LogP) is 0.688. The number of carbonyl (C=O) groups is 1. The molecule has 104 valence electrons. The lowest BCUT2D eigenvalue weighted by molar-refractivity contribution is -0.131. The molecule has 1 unspecified atom stereocenters. The number of aromatic nitrogens is 3. The second-order valence-corrected chi connectivity index (χ2v) is 6.12. The van der Waals surface area contributed by atoms with E-state index in [4.69, 9.17) is 0 Å². The zero-order chi connectivity index (χ0) is 13.2. The van der Waals surface area contributed by atoms with E-state index in [1.54, 1.807) is 11.2 Å². The Bertz CT molecular complexity index is 460. The molecule has 1 aliphatic heterocycles. The second kappa shape index (κ2) is 5.50. The van der Waals surface area contributed by atoms with Crippen molar-refractivity contribution in [3.8, 4) is 0 Å². The summed E-state index contributed by atoms with van der Waals surface area (Å²) in [5.74, 6) is 0.451. The number of β-amino-alcohol motifs (C(OH)–C–C–N with tert-alkyl or cyclic N) is 1. The van der Waals surface area contributed by atoms with E-state index in [0.717, 1.165) is 24.5 Å². The van der Waals surface area contributed by atoms with Crippen molar-refractivity contribution >= 4 is 17.7 Å². The number of aliphatic hydroxyl groups excluding tert-OH is 1. The number of likely N-dealkylation sites (tertiary alicyclic amines) is 1. The maximum atomic E-state index is 12.1. The number of rotatable bonds is 4. The van der Waals surface area contributed by atoms with Crippen molar-refractivity contribution in [2.75, 3.05) is 18.8 Å². The van der Waals surface area contributed by atoms with Gasteiger partial charge in [-0.1, -0.05) is 11.8 Å². The highest BCUT2D eigenvalue weighted by Gasteiger charge is 2.27. The lowest BCUT2D eigenvalue weighted by atomic mass is 10.1. The molecule has 1 saturated heterocycles. The number of nitrogens with zero attached hydrogens (tertiary/aromatic N) is 4. The predicted molar refractivity (Wildman–Crippen MR) is 70.8 cm³/mol. The van der Waals surface area contributed by atoms with Crippen LogP contribution >= 0.6 is 11.8 Å². The summed E-state index contributed by atoms with van der Waals surface area (Å²) in [4.78, 5) is 13.8. The molecule has 19 heavy (non-hydrogen) atoms. The van der Waals surface area contributed by atoms with Gasteiger partial charge in [-0.05, 0) is 25.7 Å². The molecule has 2 fully saturated rings. The van der Waals surface area contributed by atoms with Gasteiger partial charge < -0.3 is 14.6 Å². The minimum absolute atomic E-state index is 0.0779. The standard InChI is InChI=1S/C12H18N4O2S/c17-10-2-1-5-15(6-10)11(18)7-19-12-14-13-8-16(12)9-3-4-9/h8-10,17H,1-7H2. The summed E-state index contributed by atoms with van der Waals surface area (Å²) in [6, 6.07) is 0.532. The Morgan fingerprint density at radius 3 is 3.05 bits per heavy atom. The summed E-state index contributed by atoms with van der Waals surface area (Å²) < 4.78 is 2.06. The number of aliphatic hydroxyl groups is 1. The molecular formula is C12H18N4O2S. The zero-order valence-electron chi connectivity index (χ0n) is 10.7. The van der Waals surface area contributed by atoms with Crippen molar-refractivity contribution in [2.45, 2.75) is 43.0 Å². The van der Waals surface area contributed by atoms with E-state index < -0.39 is 0 Å². The Morgan fingerprint density at radius 2 is 2.32 bits per heavy atom. The summed E-state index contributed by atoms with van der Waals surface area (Å²) in [6.07, 6.45) is 5.42. The van der Waals surface area contributed by atoms with Crippen LogP contribution in [0.4, 0.5) is 0 Å². The Kier molecular flexibility index (Phi) is 3.74. The van der Waals surface area contributed by atoms with Crippen LogP contribution in [0.1, 0.15) is 31.7 Å². The average Bonchev–Trinajstić information content (AvgIpc) is 3.15. The summed E-state index contributed by atoms with van der Waals surface area (Å²) in [7, 11) is 0. The molecular weight excluding hydrogens is 264 g/mol. The molecule has 2 heterocycles. The molecule has 1 aromatic rings. The van der Waals surface area contributed by atoms with Gasteiger partial charge in [-0.15, -0.1) is 10.2 Å². The van der Waals surface area contributed by atoms with Gasteiger partial charge in [0.15, 0.2) is 5.16 Å². The third-order valence-corrected chi connectivity index (χ3v) is 4.50. The minimum Gasteiger partial charge on any atom is -0.391 e. The highest BCUT2D eigenvalue weighted by atomic mass is 32.2. The van der Waals surface area contributed by atoms with Gasteiger partial charge in [0.2, 0.25) is 5.91 Å². The van der Waals surface area contributed by atoms with Crippen LogP contribution in [0.25, 0.3) is 0 Å². The fourth-order valence-corrected chi connectivity index (χ4v) is 3.22. The van der Waals surface area contributed by atoms with Crippen molar-refractivity contribution in [3.05, 3.63) is 6.33 Å². The van der Waals surface area contributed by atoms with E-state index in [1.807, 2.05) is 0 Å². The van der Waals surface area contributed by atoms with Gasteiger partial charge >= 0.3 is 0 Å². The fraction of sp³-hybridized carbons (Fsp3) is 0.750. The van der Waals surface area contributed by atoms with Crippen LogP contribution in [-0.4, -0.2) is 55.6 Å². The average molecular weight is 282 g/mol. The maximum Gasteiger partial charge on any atom is 0.233 e. The smallest absolute Gasteiger partial charge is 0.233 e. The Hall–Kier alpha value is -1.08. The molecule has 1 amide bonds. The molecule has 1 atom stereocenters. The first-order valence-corrected chi connectivity index (χ1v) is 7.71. The molecule has 6 nitrogen and oxygen atoms in total. The number of thioether (sulfide) groups is 1. The van der Waals surface area contributed by atoms with Crippen LogP contribution < -0.4 is 0 Å². The van der Waals surface area contributed by atoms with E-state index in [1.165, 1.54) is 24.6 Å². The van der Waals surface area contributed by atoms with E-state index in [0.29, 0.717) is 18.3 Å². The molecule has 0 aromatic carbocycles. The second-order valence-electron chi connectivity index (χ2n) is 5.18. The Balaban J connectivity index is 1.53. The van der Waals surface area contributed by atoms with Crippen molar-refractivity contribution in [2.24, 2.45) is 0 Å². The summed E-state index contributed by atoms with van der Waals surface area (Å²) >= 11 is 1.44. The lowest BCUT2D eigenvalue weighted by Crippen LogP contribution is -2.43. The first kappa shape index (κ1) is 12.9. The molecule has 1 aliphatic carbocycles. The summed E-state index contributed by atoms with van der Waals surface area (Å²) in [6.45, 7) is 1.22. The lowest BCUT2D eigenvalue weighted by Gasteiger charge is -2.29.